The van der Waals surface area contributed by atoms with Crippen LogP contribution in [-0.4, -0.2) is 75.5 Å². The summed E-state index contributed by atoms with van der Waals surface area (Å²) >= 11 is 0. The van der Waals surface area contributed by atoms with E-state index in [1.54, 1.807) is 33.7 Å². The molecule has 0 radical (unpaired) electrons. The fourth-order valence-corrected chi connectivity index (χ4v) is 6.38. The second kappa shape index (κ2) is 12.8. The van der Waals surface area contributed by atoms with Gasteiger partial charge in [-0.1, -0.05) is 66.7 Å². The van der Waals surface area contributed by atoms with Gasteiger partial charge in [0.2, 0.25) is 0 Å². The number of morpholine rings is 1. The molecule has 232 valence electrons. The highest BCUT2D eigenvalue weighted by molar-refractivity contribution is 7.38. The Bertz CT molecular complexity index is 1890. The third-order valence-corrected chi connectivity index (χ3v) is 8.64. The maximum absolute atomic E-state index is 13.6. The molecule has 1 aliphatic heterocycles. The zero-order valence-corrected chi connectivity index (χ0v) is 25.7. The fraction of sp³-hybridized carbons (Fsp3) is 0.242. The van der Waals surface area contributed by atoms with Gasteiger partial charge in [0.25, 0.3) is 5.91 Å². The van der Waals surface area contributed by atoms with E-state index in [4.69, 9.17) is 14.0 Å². The summed E-state index contributed by atoms with van der Waals surface area (Å²) in [7, 11) is -1.88. The van der Waals surface area contributed by atoms with Crippen molar-refractivity contribution in [3.63, 3.8) is 0 Å². The number of anilines is 1. The summed E-state index contributed by atoms with van der Waals surface area (Å²) in [6, 6.07) is 25.1. The minimum Gasteiger partial charge on any atom is -0.448 e. The molecule has 1 saturated heterocycles. The summed E-state index contributed by atoms with van der Waals surface area (Å²) < 4.78 is 31.1. The van der Waals surface area contributed by atoms with Crippen LogP contribution in [-0.2, 0) is 18.6 Å². The van der Waals surface area contributed by atoms with E-state index in [0.717, 1.165) is 22.3 Å². The summed E-state index contributed by atoms with van der Waals surface area (Å²) in [6.45, 7) is 1.95. The molecule has 3 atom stereocenters. The molecule has 5 aromatic rings. The molecule has 0 spiro atoms. The molecular formula is C33H30N6O6P+. The van der Waals surface area contributed by atoms with E-state index < -0.39 is 26.5 Å². The normalized spacial score (nSPS) is 17.8. The molecule has 13 heteroatoms. The van der Waals surface area contributed by atoms with Gasteiger partial charge in [-0.25, -0.2) is 19.7 Å². The molecule has 0 bridgehead atoms. The van der Waals surface area contributed by atoms with Crippen molar-refractivity contribution >= 4 is 37.0 Å². The molecule has 2 aliphatic rings. The lowest BCUT2D eigenvalue weighted by Crippen LogP contribution is -2.49. The van der Waals surface area contributed by atoms with Crippen molar-refractivity contribution < 1.29 is 28.2 Å². The van der Waals surface area contributed by atoms with Crippen LogP contribution in [0, 0.1) is 0 Å². The molecular weight excluding hydrogens is 607 g/mol. The second-order valence-electron chi connectivity index (χ2n) is 11.0. The topological polar surface area (TPSA) is 138 Å². The highest BCUT2D eigenvalue weighted by Gasteiger charge is 2.36. The molecule has 1 N–H and O–H groups in total. The summed E-state index contributed by atoms with van der Waals surface area (Å²) in [5.74, 6) is -0.184. The largest absolute Gasteiger partial charge is 0.504 e. The Labute approximate surface area is 265 Å². The lowest BCUT2D eigenvalue weighted by molar-refractivity contribution is -0.124. The lowest BCUT2D eigenvalue weighted by atomic mass is 9.98. The summed E-state index contributed by atoms with van der Waals surface area (Å²) in [4.78, 5) is 41.1. The van der Waals surface area contributed by atoms with Gasteiger partial charge in [0, 0.05) is 11.5 Å². The number of amides is 2. The first kappa shape index (κ1) is 29.7. The quantitative estimate of drug-likeness (QED) is 0.215. The Balaban J connectivity index is 1.11. The van der Waals surface area contributed by atoms with Crippen molar-refractivity contribution in [3.05, 3.63) is 108 Å². The van der Waals surface area contributed by atoms with Crippen molar-refractivity contribution in [1.29, 1.82) is 0 Å². The molecule has 7 rings (SSSR count). The lowest BCUT2D eigenvalue weighted by Gasteiger charge is -2.37. The summed E-state index contributed by atoms with van der Waals surface area (Å²) in [5.41, 5.74) is 5.76. The Hall–Kier alpha value is -5.03. The van der Waals surface area contributed by atoms with E-state index in [2.05, 4.69) is 44.5 Å². The van der Waals surface area contributed by atoms with Gasteiger partial charge < -0.3 is 19.7 Å². The zero-order chi connectivity index (χ0) is 31.6. The van der Waals surface area contributed by atoms with Crippen LogP contribution in [0.25, 0.3) is 22.3 Å². The van der Waals surface area contributed by atoms with Gasteiger partial charge in [-0.15, -0.1) is 4.52 Å². The first-order valence-electron chi connectivity index (χ1n) is 14.8. The van der Waals surface area contributed by atoms with Crippen LogP contribution in [0.3, 0.4) is 0 Å². The number of aromatic nitrogens is 4. The molecule has 3 aromatic carbocycles. The predicted molar refractivity (Wildman–Crippen MR) is 170 cm³/mol. The maximum atomic E-state index is 13.6. The van der Waals surface area contributed by atoms with Crippen LogP contribution in [0.5, 0.6) is 0 Å². The van der Waals surface area contributed by atoms with Crippen LogP contribution in [0.1, 0.15) is 33.6 Å². The second-order valence-corrected chi connectivity index (χ2v) is 12.2. The van der Waals surface area contributed by atoms with Crippen LogP contribution < -0.4 is 5.32 Å². The minimum absolute atomic E-state index is 0.00928. The van der Waals surface area contributed by atoms with Crippen molar-refractivity contribution in [2.45, 2.75) is 18.2 Å². The molecule has 2 amide bonds. The van der Waals surface area contributed by atoms with Gasteiger partial charge in [0.05, 0.1) is 19.4 Å². The van der Waals surface area contributed by atoms with E-state index in [1.165, 1.54) is 19.3 Å². The smallest absolute Gasteiger partial charge is 0.448 e. The van der Waals surface area contributed by atoms with Gasteiger partial charge in [0.15, 0.2) is 29.9 Å². The van der Waals surface area contributed by atoms with Gasteiger partial charge in [-0.2, -0.15) is 0 Å². The van der Waals surface area contributed by atoms with E-state index >= 15 is 0 Å². The number of rotatable bonds is 8. The average Bonchev–Trinajstić information content (AvgIpc) is 3.67. The number of nitrogens with one attached hydrogen (secondary N) is 1. The Kier molecular flexibility index (Phi) is 8.23. The van der Waals surface area contributed by atoms with E-state index in [-0.39, 0.29) is 43.9 Å². The van der Waals surface area contributed by atoms with Crippen LogP contribution in [0.2, 0.25) is 0 Å². The Morgan fingerprint density at radius 1 is 0.913 bits per heavy atom. The van der Waals surface area contributed by atoms with Crippen molar-refractivity contribution in [2.24, 2.45) is 0 Å². The molecule has 46 heavy (non-hydrogen) atoms. The monoisotopic (exact) mass is 637 g/mol. The van der Waals surface area contributed by atoms with Gasteiger partial charge in [-0.3, -0.25) is 9.36 Å². The fourth-order valence-electron chi connectivity index (χ4n) is 6.01. The Morgan fingerprint density at radius 3 is 2.33 bits per heavy atom. The standard InChI is InChI=1S/C33H29N6O6P/c1-46(42)44-17-22-15-38(33(41)43-18-27-25-13-7-5-11-23(25)24-12-6-8-14-26(24)27)16-28(45-22)39-20-36-29-30(34-19-35-31(29)39)37-32(40)21-9-3-2-4-10-21/h2-14,19-20,22,27-28H,15-18H2,1H3/p+1. The number of carbonyl (C=O) groups is 2. The molecule has 3 heterocycles. The number of carbonyl (C=O) groups excluding carboxylic acids is 2. The number of nitrogens with zero attached hydrogens (tertiary/aromatic N) is 5. The molecule has 3 unspecified atom stereocenters. The SMILES string of the molecule is C[P+](=O)OCC1CN(C(=O)OCC2c3ccccc3-c3ccccc32)CC(n2cnc3c(NC(=O)c4ccccc4)ncnc32)O1. The third kappa shape index (κ3) is 5.85. The van der Waals surface area contributed by atoms with Crippen LogP contribution >= 0.6 is 8.03 Å². The van der Waals surface area contributed by atoms with Crippen molar-refractivity contribution in [1.82, 2.24) is 24.4 Å². The molecule has 2 aromatic heterocycles. The first-order valence-corrected chi connectivity index (χ1v) is 16.4. The number of hydrogen-bond acceptors (Lipinski definition) is 9. The number of imidazole rings is 1. The van der Waals surface area contributed by atoms with Gasteiger partial charge in [-0.05, 0) is 39.0 Å². The highest BCUT2D eigenvalue weighted by Crippen LogP contribution is 2.44. The van der Waals surface area contributed by atoms with Crippen LogP contribution in [0.4, 0.5) is 10.6 Å². The number of benzene rings is 3. The predicted octanol–water partition coefficient (Wildman–Crippen LogP) is 5.62. The van der Waals surface area contributed by atoms with E-state index in [9.17, 15) is 14.2 Å². The van der Waals surface area contributed by atoms with Gasteiger partial charge >= 0.3 is 14.1 Å². The molecule has 1 fully saturated rings. The molecule has 12 nitrogen and oxygen atoms in total. The number of ether oxygens (including phenoxy) is 2. The van der Waals surface area contributed by atoms with Crippen molar-refractivity contribution in [2.75, 3.05) is 38.3 Å². The van der Waals surface area contributed by atoms with E-state index in [0.29, 0.717) is 16.7 Å². The third-order valence-electron chi connectivity index (χ3n) is 8.12. The van der Waals surface area contributed by atoms with Crippen LogP contribution in [0.15, 0.2) is 91.5 Å². The highest BCUT2D eigenvalue weighted by atomic mass is 31.1. The summed E-state index contributed by atoms with van der Waals surface area (Å²) in [6.07, 6.45) is 1.03. The minimum atomic E-state index is -1.88. The number of fused-ring (bicyclic) bond motifs is 4. The molecule has 0 saturated carbocycles. The average molecular weight is 638 g/mol. The van der Waals surface area contributed by atoms with Crippen molar-refractivity contribution in [3.8, 4) is 11.1 Å². The number of hydrogen-bond donors (Lipinski definition) is 1. The summed E-state index contributed by atoms with van der Waals surface area (Å²) in [5, 5.41) is 2.80. The first-order chi connectivity index (χ1) is 22.5. The maximum Gasteiger partial charge on any atom is 0.504 e. The van der Waals surface area contributed by atoms with E-state index in [1.807, 2.05) is 30.3 Å². The Morgan fingerprint density at radius 2 is 1.61 bits per heavy atom. The van der Waals surface area contributed by atoms with Gasteiger partial charge in [0.1, 0.15) is 25.6 Å². The molecule has 1 aliphatic carbocycles. The zero-order valence-electron chi connectivity index (χ0n) is 24.9.